The molecule has 0 radical (unpaired) electrons. The zero-order chi connectivity index (χ0) is 14.5. The lowest BCUT2D eigenvalue weighted by Gasteiger charge is -2.27. The van der Waals surface area contributed by atoms with Crippen LogP contribution in [0.5, 0.6) is 0 Å². The molecule has 1 aliphatic heterocycles. The fourth-order valence-corrected chi connectivity index (χ4v) is 1.99. The van der Waals surface area contributed by atoms with Crippen molar-refractivity contribution >= 4 is 17.8 Å². The molecule has 1 saturated heterocycles. The monoisotopic (exact) mass is 291 g/mol. The Morgan fingerprint density at radius 3 is 2.71 bits per heavy atom. The van der Waals surface area contributed by atoms with Gasteiger partial charge in [-0.25, -0.2) is 5.84 Å². The van der Waals surface area contributed by atoms with Gasteiger partial charge in [-0.2, -0.15) is 15.0 Å². The highest BCUT2D eigenvalue weighted by atomic mass is 16.5. The highest BCUT2D eigenvalue weighted by Crippen LogP contribution is 2.15. The molecule has 0 bridgehead atoms. The van der Waals surface area contributed by atoms with Gasteiger partial charge in [-0.3, -0.25) is 5.43 Å². The maximum Gasteiger partial charge on any atom is 0.243 e. The molecule has 0 saturated carbocycles. The minimum atomic E-state index is 0.313. The smallest absolute Gasteiger partial charge is 0.243 e. The van der Waals surface area contributed by atoms with Crippen LogP contribution in [-0.2, 0) is 11.3 Å². The quantitative estimate of drug-likeness (QED) is 0.525. The standard InChI is InChI=1S/C12H17N7O2/c13-18-11-15-10(14-8-9-2-1-5-21-9)16-12(17-11)19-3-6-20-7-4-19/h1-2,5H,3-4,6-8,13H2,(H2,14,15,16,17,18). The number of ether oxygens (including phenoxy) is 1. The summed E-state index contributed by atoms with van der Waals surface area (Å²) < 4.78 is 10.6. The Hall–Kier alpha value is -2.39. The predicted molar refractivity (Wildman–Crippen MR) is 76.7 cm³/mol. The summed E-state index contributed by atoms with van der Waals surface area (Å²) in [7, 11) is 0. The third-order valence-electron chi connectivity index (χ3n) is 3.05. The second kappa shape index (κ2) is 6.37. The second-order valence-corrected chi connectivity index (χ2v) is 4.46. The molecule has 2 aromatic rings. The van der Waals surface area contributed by atoms with Crippen LogP contribution < -0.4 is 21.5 Å². The minimum absolute atomic E-state index is 0.313. The van der Waals surface area contributed by atoms with Gasteiger partial charge in [0.15, 0.2) is 0 Å². The summed E-state index contributed by atoms with van der Waals surface area (Å²) in [6, 6.07) is 3.70. The van der Waals surface area contributed by atoms with Crippen molar-refractivity contribution in [2.75, 3.05) is 41.9 Å². The molecule has 1 aliphatic rings. The molecule has 1 fully saturated rings. The van der Waals surface area contributed by atoms with E-state index in [4.69, 9.17) is 15.0 Å². The highest BCUT2D eigenvalue weighted by Gasteiger charge is 2.16. The van der Waals surface area contributed by atoms with Gasteiger partial charge in [-0.05, 0) is 12.1 Å². The first-order valence-electron chi connectivity index (χ1n) is 6.67. The molecule has 9 nitrogen and oxygen atoms in total. The maximum absolute atomic E-state index is 5.42. The SMILES string of the molecule is NNc1nc(NCc2ccco2)nc(N2CCOCC2)n1. The number of nitrogens with zero attached hydrogens (tertiary/aromatic N) is 4. The molecule has 4 N–H and O–H groups in total. The van der Waals surface area contributed by atoms with E-state index in [0.29, 0.717) is 37.6 Å². The van der Waals surface area contributed by atoms with Gasteiger partial charge in [0.2, 0.25) is 17.8 Å². The number of anilines is 3. The molecule has 9 heteroatoms. The van der Waals surface area contributed by atoms with Crippen LogP contribution in [0.2, 0.25) is 0 Å². The van der Waals surface area contributed by atoms with Crippen molar-refractivity contribution in [3.63, 3.8) is 0 Å². The Labute approximate surface area is 121 Å². The molecule has 112 valence electrons. The number of morpholine rings is 1. The van der Waals surface area contributed by atoms with Crippen LogP contribution in [0.1, 0.15) is 5.76 Å². The third-order valence-corrected chi connectivity index (χ3v) is 3.05. The largest absolute Gasteiger partial charge is 0.467 e. The highest BCUT2D eigenvalue weighted by molar-refractivity contribution is 5.43. The average molecular weight is 291 g/mol. The van der Waals surface area contributed by atoms with E-state index in [1.165, 1.54) is 0 Å². The predicted octanol–water partition coefficient (Wildman–Crippen LogP) is 0.199. The van der Waals surface area contributed by atoms with Crippen LogP contribution >= 0.6 is 0 Å². The molecule has 21 heavy (non-hydrogen) atoms. The topological polar surface area (TPSA) is 114 Å². The van der Waals surface area contributed by atoms with Crippen LogP contribution in [0, 0.1) is 0 Å². The molecule has 3 heterocycles. The van der Waals surface area contributed by atoms with E-state index in [2.05, 4.69) is 25.7 Å². The molecule has 0 aliphatic carbocycles. The molecule has 0 amide bonds. The molecule has 0 atom stereocenters. The summed E-state index contributed by atoms with van der Waals surface area (Å²) in [6.45, 7) is 3.29. The van der Waals surface area contributed by atoms with Gasteiger partial charge in [-0.15, -0.1) is 0 Å². The first-order valence-corrected chi connectivity index (χ1v) is 6.67. The number of rotatable bonds is 5. The summed E-state index contributed by atoms with van der Waals surface area (Å²) >= 11 is 0. The van der Waals surface area contributed by atoms with Crippen LogP contribution in [-0.4, -0.2) is 41.3 Å². The van der Waals surface area contributed by atoms with Crippen LogP contribution in [0.4, 0.5) is 17.8 Å². The van der Waals surface area contributed by atoms with E-state index < -0.39 is 0 Å². The maximum atomic E-state index is 5.42. The van der Waals surface area contributed by atoms with E-state index in [9.17, 15) is 0 Å². The van der Waals surface area contributed by atoms with Crippen molar-refractivity contribution in [2.45, 2.75) is 6.54 Å². The summed E-state index contributed by atoms with van der Waals surface area (Å²) in [6.07, 6.45) is 1.62. The van der Waals surface area contributed by atoms with Crippen molar-refractivity contribution in [1.29, 1.82) is 0 Å². The summed E-state index contributed by atoms with van der Waals surface area (Å²) in [4.78, 5) is 14.9. The van der Waals surface area contributed by atoms with Gasteiger partial charge >= 0.3 is 0 Å². The first kappa shape index (κ1) is 13.6. The Balaban J connectivity index is 1.75. The Kier molecular flexibility index (Phi) is 4.12. The zero-order valence-electron chi connectivity index (χ0n) is 11.5. The second-order valence-electron chi connectivity index (χ2n) is 4.46. The van der Waals surface area contributed by atoms with Gasteiger partial charge in [0.25, 0.3) is 0 Å². The van der Waals surface area contributed by atoms with E-state index >= 15 is 0 Å². The van der Waals surface area contributed by atoms with Crippen LogP contribution in [0.3, 0.4) is 0 Å². The van der Waals surface area contributed by atoms with Crippen LogP contribution in [0.15, 0.2) is 22.8 Å². The average Bonchev–Trinajstić information content (AvgIpc) is 3.07. The number of aromatic nitrogens is 3. The lowest BCUT2D eigenvalue weighted by molar-refractivity contribution is 0.122. The van der Waals surface area contributed by atoms with E-state index in [-0.39, 0.29) is 0 Å². The number of nitrogens with one attached hydrogen (secondary N) is 2. The number of hydrogen-bond acceptors (Lipinski definition) is 9. The van der Waals surface area contributed by atoms with Crippen molar-refractivity contribution in [3.05, 3.63) is 24.2 Å². The van der Waals surface area contributed by atoms with Crippen molar-refractivity contribution in [2.24, 2.45) is 5.84 Å². The number of nitrogens with two attached hydrogens (primary N) is 1. The van der Waals surface area contributed by atoms with E-state index in [1.807, 2.05) is 17.0 Å². The number of hydrazine groups is 1. The number of furan rings is 1. The fraction of sp³-hybridized carbons (Fsp3) is 0.417. The van der Waals surface area contributed by atoms with E-state index in [0.717, 1.165) is 18.8 Å². The minimum Gasteiger partial charge on any atom is -0.467 e. The van der Waals surface area contributed by atoms with Gasteiger partial charge < -0.3 is 19.4 Å². The third kappa shape index (κ3) is 3.38. The Morgan fingerprint density at radius 1 is 1.19 bits per heavy atom. The van der Waals surface area contributed by atoms with Gasteiger partial charge in [0.05, 0.1) is 26.0 Å². The van der Waals surface area contributed by atoms with Gasteiger partial charge in [0, 0.05) is 13.1 Å². The summed E-state index contributed by atoms with van der Waals surface area (Å²) in [5.41, 5.74) is 2.46. The van der Waals surface area contributed by atoms with Gasteiger partial charge in [0.1, 0.15) is 5.76 Å². The van der Waals surface area contributed by atoms with Crippen LogP contribution in [0.25, 0.3) is 0 Å². The van der Waals surface area contributed by atoms with Crippen molar-refractivity contribution < 1.29 is 9.15 Å². The zero-order valence-corrected chi connectivity index (χ0v) is 11.5. The lowest BCUT2D eigenvalue weighted by atomic mass is 10.4. The Morgan fingerprint density at radius 2 is 2.00 bits per heavy atom. The number of nitrogen functional groups attached to an aromatic ring is 1. The normalized spacial score (nSPS) is 15.0. The number of hydrogen-bond donors (Lipinski definition) is 3. The summed E-state index contributed by atoms with van der Waals surface area (Å²) in [5.74, 6) is 7.54. The lowest BCUT2D eigenvalue weighted by Crippen LogP contribution is -2.37. The van der Waals surface area contributed by atoms with Gasteiger partial charge in [-0.1, -0.05) is 0 Å². The fourth-order valence-electron chi connectivity index (χ4n) is 1.99. The van der Waals surface area contributed by atoms with Crippen molar-refractivity contribution in [1.82, 2.24) is 15.0 Å². The molecular formula is C12H17N7O2. The Bertz CT molecular complexity index is 569. The molecule has 2 aromatic heterocycles. The van der Waals surface area contributed by atoms with Crippen molar-refractivity contribution in [3.8, 4) is 0 Å². The molecule has 0 unspecified atom stereocenters. The first-order chi connectivity index (χ1) is 10.3. The molecule has 0 aromatic carbocycles. The molecule has 3 rings (SSSR count). The van der Waals surface area contributed by atoms with E-state index in [1.54, 1.807) is 6.26 Å². The summed E-state index contributed by atoms with van der Waals surface area (Å²) in [5, 5.41) is 3.09. The molecular weight excluding hydrogens is 274 g/mol. The molecule has 0 spiro atoms.